The van der Waals surface area contributed by atoms with E-state index in [0.717, 1.165) is 0 Å². The summed E-state index contributed by atoms with van der Waals surface area (Å²) in [7, 11) is 3.41. The Morgan fingerprint density at radius 3 is 2.66 bits per heavy atom. The molecule has 13 nitrogen and oxygen atoms in total. The van der Waals surface area contributed by atoms with Gasteiger partial charge in [-0.25, -0.2) is 9.48 Å². The molecular formula is C21H30N8O5S. The Kier molecular flexibility index (Phi) is 6.86. The third kappa shape index (κ3) is 4.51. The van der Waals surface area contributed by atoms with E-state index < -0.39 is 17.9 Å². The van der Waals surface area contributed by atoms with Gasteiger partial charge >= 0.3 is 5.97 Å². The van der Waals surface area contributed by atoms with Crippen molar-refractivity contribution >= 4 is 35.5 Å². The van der Waals surface area contributed by atoms with Crippen LogP contribution in [0.4, 0.5) is 0 Å². The number of hydrogen-bond donors (Lipinski definition) is 3. The predicted octanol–water partition coefficient (Wildman–Crippen LogP) is -1.19. The van der Waals surface area contributed by atoms with Gasteiger partial charge in [0.25, 0.3) is 0 Å². The predicted molar refractivity (Wildman–Crippen MR) is 125 cm³/mol. The van der Waals surface area contributed by atoms with Crippen molar-refractivity contribution < 1.29 is 24.3 Å². The van der Waals surface area contributed by atoms with Crippen molar-refractivity contribution in [3.8, 4) is 0 Å². The lowest BCUT2D eigenvalue weighted by Gasteiger charge is -2.47. The smallest absolute Gasteiger partial charge is 0.353 e. The molecule has 0 unspecified atom stereocenters. The Bertz CT molecular complexity index is 1090. The first-order chi connectivity index (χ1) is 16.5. The summed E-state index contributed by atoms with van der Waals surface area (Å²) in [6, 6.07) is -1.15. The molecule has 3 aliphatic heterocycles. The fourth-order valence-corrected chi connectivity index (χ4v) is 6.57. The van der Waals surface area contributed by atoms with Crippen molar-refractivity contribution in [1.82, 2.24) is 40.6 Å². The van der Waals surface area contributed by atoms with Gasteiger partial charge in [-0.05, 0) is 30.7 Å². The average Bonchev–Trinajstić information content (AvgIpc) is 3.46. The Morgan fingerprint density at radius 1 is 1.34 bits per heavy atom. The maximum atomic E-state index is 13.1. The standard InChI is InChI=1S/C21H30N8O5S/c1-9-16-15(10(2)23-14(30)8-28-11(3)24-25-26-28)20(32)29(16)17(21(33)34)18(9)35-12-6-13(22-7-12)19(31)27(4)5/h9-10,12-13,15-16,22H,6-8H2,1-5H3,(H,23,30)(H,33,34)/t9-,10-,12+,13+,15-,16-/m1/s1. The van der Waals surface area contributed by atoms with Gasteiger partial charge in [-0.1, -0.05) is 6.92 Å². The zero-order chi connectivity index (χ0) is 25.6. The molecule has 2 fully saturated rings. The molecule has 0 saturated carbocycles. The molecular weight excluding hydrogens is 476 g/mol. The van der Waals surface area contributed by atoms with Crippen LogP contribution in [0.1, 0.15) is 26.1 Å². The SMILES string of the molecule is Cc1nnnn1CC(=O)N[C@H](C)[C@H]1C(=O)N2C(C(=O)O)=C(S[C@@H]3CN[C@H](C(=O)N(C)C)C3)[C@H](C)[C@H]12. The number of tetrazole rings is 1. The zero-order valence-electron chi connectivity index (χ0n) is 20.3. The maximum Gasteiger partial charge on any atom is 0.353 e. The van der Waals surface area contributed by atoms with Crippen molar-refractivity contribution in [2.75, 3.05) is 20.6 Å². The number of hydrogen-bond acceptors (Lipinski definition) is 9. The third-order valence-corrected chi connectivity index (χ3v) is 8.36. The number of aliphatic carboxylic acids is 1. The van der Waals surface area contributed by atoms with Gasteiger partial charge < -0.3 is 25.5 Å². The third-order valence-electron chi connectivity index (χ3n) is 6.85. The van der Waals surface area contributed by atoms with Gasteiger partial charge in [0.2, 0.25) is 17.7 Å². The van der Waals surface area contributed by atoms with Gasteiger partial charge in [0.15, 0.2) is 0 Å². The van der Waals surface area contributed by atoms with Gasteiger partial charge in [-0.15, -0.1) is 16.9 Å². The number of nitrogens with zero attached hydrogens (tertiary/aromatic N) is 6. The van der Waals surface area contributed by atoms with Crippen molar-refractivity contribution in [1.29, 1.82) is 0 Å². The first-order valence-corrected chi connectivity index (χ1v) is 12.3. The number of β-lactam (4-membered cyclic amide) rings is 1. The number of aromatic nitrogens is 4. The first kappa shape index (κ1) is 25.1. The minimum atomic E-state index is -1.15. The van der Waals surface area contributed by atoms with E-state index in [9.17, 15) is 24.3 Å². The normalized spacial score (nSPS) is 28.5. The van der Waals surface area contributed by atoms with Crippen LogP contribution >= 0.6 is 11.8 Å². The molecule has 0 aliphatic carbocycles. The van der Waals surface area contributed by atoms with Crippen LogP contribution in [-0.2, 0) is 25.7 Å². The van der Waals surface area contributed by atoms with Crippen molar-refractivity contribution in [3.63, 3.8) is 0 Å². The summed E-state index contributed by atoms with van der Waals surface area (Å²) in [5, 5.41) is 27.0. The number of rotatable bonds is 8. The number of aryl methyl sites for hydroxylation is 1. The van der Waals surface area contributed by atoms with Crippen LogP contribution in [0.5, 0.6) is 0 Å². The summed E-state index contributed by atoms with van der Waals surface area (Å²) in [6.45, 7) is 5.85. The quantitative estimate of drug-likeness (QED) is 0.365. The highest BCUT2D eigenvalue weighted by Gasteiger charge is 2.60. The molecule has 6 atom stereocenters. The van der Waals surface area contributed by atoms with E-state index in [1.165, 1.54) is 26.2 Å². The minimum absolute atomic E-state index is 0.0129. The number of likely N-dealkylation sites (N-methyl/N-ethyl adjacent to an activating group) is 1. The molecule has 0 radical (unpaired) electrons. The number of carboxylic acids is 1. The van der Waals surface area contributed by atoms with Crippen molar-refractivity contribution in [2.45, 2.75) is 57.1 Å². The molecule has 4 heterocycles. The highest BCUT2D eigenvalue weighted by atomic mass is 32.2. The second-order valence-electron chi connectivity index (χ2n) is 9.44. The summed E-state index contributed by atoms with van der Waals surface area (Å²) in [5.41, 5.74) is 0.0129. The second kappa shape index (κ2) is 9.57. The lowest BCUT2D eigenvalue weighted by Crippen LogP contribution is -2.66. The Balaban J connectivity index is 1.44. The number of amides is 3. The lowest BCUT2D eigenvalue weighted by molar-refractivity contribution is -0.158. The summed E-state index contributed by atoms with van der Waals surface area (Å²) < 4.78 is 1.36. The number of nitrogens with one attached hydrogen (secondary N) is 2. The van der Waals surface area contributed by atoms with Crippen molar-refractivity contribution in [3.05, 3.63) is 16.4 Å². The number of carbonyl (C=O) groups excluding carboxylic acids is 3. The highest BCUT2D eigenvalue weighted by molar-refractivity contribution is 8.03. The summed E-state index contributed by atoms with van der Waals surface area (Å²) in [6.07, 6.45) is 0.579. The second-order valence-corrected chi connectivity index (χ2v) is 10.8. The van der Waals surface area contributed by atoms with E-state index >= 15 is 0 Å². The molecule has 0 spiro atoms. The monoisotopic (exact) mass is 506 g/mol. The zero-order valence-corrected chi connectivity index (χ0v) is 21.1. The molecule has 3 amide bonds. The van der Waals surface area contributed by atoms with E-state index in [1.807, 2.05) is 6.92 Å². The van der Waals surface area contributed by atoms with Gasteiger partial charge in [0.05, 0.1) is 18.0 Å². The van der Waals surface area contributed by atoms with Crippen LogP contribution in [0, 0.1) is 18.8 Å². The van der Waals surface area contributed by atoms with Gasteiger partial charge in [-0.2, -0.15) is 0 Å². The fraction of sp³-hybridized carbons (Fsp3) is 0.667. The molecule has 0 aromatic carbocycles. The van der Waals surface area contributed by atoms with Crippen LogP contribution in [0.2, 0.25) is 0 Å². The van der Waals surface area contributed by atoms with E-state index in [2.05, 4.69) is 26.2 Å². The van der Waals surface area contributed by atoms with E-state index in [4.69, 9.17) is 0 Å². The molecule has 190 valence electrons. The summed E-state index contributed by atoms with van der Waals surface area (Å²) >= 11 is 1.43. The molecule has 1 aromatic rings. The molecule has 3 aliphatic rings. The largest absolute Gasteiger partial charge is 0.477 e. The van der Waals surface area contributed by atoms with Gasteiger partial charge in [0, 0.05) is 42.8 Å². The molecule has 1 aromatic heterocycles. The molecule has 3 N–H and O–H groups in total. The topological polar surface area (TPSA) is 163 Å². The number of fused-ring (bicyclic) bond motifs is 1. The molecule has 0 bridgehead atoms. The van der Waals surface area contributed by atoms with Gasteiger partial charge in [-0.3, -0.25) is 14.4 Å². The van der Waals surface area contributed by atoms with Crippen LogP contribution in [0.25, 0.3) is 0 Å². The fourth-order valence-electron chi connectivity index (χ4n) is 5.09. The molecule has 14 heteroatoms. The maximum absolute atomic E-state index is 13.1. The highest BCUT2D eigenvalue weighted by Crippen LogP contribution is 2.51. The van der Waals surface area contributed by atoms with E-state index in [0.29, 0.717) is 23.7 Å². The Hall–Kier alpha value is -3.00. The number of thioether (sulfide) groups is 1. The molecule has 35 heavy (non-hydrogen) atoms. The number of carbonyl (C=O) groups is 4. The Labute approximate surface area is 206 Å². The van der Waals surface area contributed by atoms with Crippen LogP contribution < -0.4 is 10.6 Å². The number of carboxylic acid groups (broad SMARTS) is 1. The Morgan fingerprint density at radius 2 is 2.06 bits per heavy atom. The molecule has 2 saturated heterocycles. The van der Waals surface area contributed by atoms with Gasteiger partial charge in [0.1, 0.15) is 18.1 Å². The van der Waals surface area contributed by atoms with Crippen molar-refractivity contribution in [2.24, 2.45) is 11.8 Å². The van der Waals surface area contributed by atoms with E-state index in [-0.39, 0.29) is 53.2 Å². The summed E-state index contributed by atoms with van der Waals surface area (Å²) in [5.74, 6) is -2.06. The first-order valence-electron chi connectivity index (χ1n) is 11.4. The van der Waals surface area contributed by atoms with Crippen LogP contribution in [-0.4, -0.2) is 103 Å². The minimum Gasteiger partial charge on any atom is -0.477 e. The molecule has 4 rings (SSSR count). The average molecular weight is 507 g/mol. The van der Waals surface area contributed by atoms with E-state index in [1.54, 1.807) is 27.9 Å². The van der Waals surface area contributed by atoms with Crippen LogP contribution in [0.3, 0.4) is 0 Å². The van der Waals surface area contributed by atoms with Crippen LogP contribution in [0.15, 0.2) is 10.6 Å². The summed E-state index contributed by atoms with van der Waals surface area (Å²) in [4.78, 5) is 53.6. The lowest BCUT2D eigenvalue weighted by atomic mass is 9.78.